The first-order valence-electron chi connectivity index (χ1n) is 4.93. The van der Waals surface area contributed by atoms with Gasteiger partial charge in [0.25, 0.3) is 0 Å². The van der Waals surface area contributed by atoms with Crippen LogP contribution in [0.5, 0.6) is 0 Å². The molecular formula is C9H16N2O2. The average molecular weight is 184 g/mol. The Morgan fingerprint density at radius 2 is 2.00 bits per heavy atom. The van der Waals surface area contributed by atoms with Crippen LogP contribution in [0.4, 0.5) is 0 Å². The summed E-state index contributed by atoms with van der Waals surface area (Å²) in [5.74, 6) is 0.131. The van der Waals surface area contributed by atoms with Gasteiger partial charge in [-0.05, 0) is 19.3 Å². The largest absolute Gasteiger partial charge is 0.381 e. The molecule has 2 rings (SSSR count). The number of nitrogens with two attached hydrogens (primary N) is 1. The van der Waals surface area contributed by atoms with E-state index in [1.807, 2.05) is 4.90 Å². The van der Waals surface area contributed by atoms with Crippen LogP contribution in [-0.4, -0.2) is 42.6 Å². The second kappa shape index (κ2) is 3.64. The molecule has 13 heavy (non-hydrogen) atoms. The topological polar surface area (TPSA) is 55.6 Å². The van der Waals surface area contributed by atoms with Crippen LogP contribution in [0.3, 0.4) is 0 Å². The lowest BCUT2D eigenvalue weighted by molar-refractivity contribution is -0.132. The zero-order valence-corrected chi connectivity index (χ0v) is 7.74. The number of amides is 1. The van der Waals surface area contributed by atoms with Crippen molar-refractivity contribution in [3.8, 4) is 0 Å². The van der Waals surface area contributed by atoms with Crippen molar-refractivity contribution in [1.29, 1.82) is 0 Å². The Morgan fingerprint density at radius 3 is 2.54 bits per heavy atom. The quantitative estimate of drug-likeness (QED) is 0.610. The van der Waals surface area contributed by atoms with E-state index in [0.29, 0.717) is 6.04 Å². The second-order valence-corrected chi connectivity index (χ2v) is 3.77. The van der Waals surface area contributed by atoms with Crippen molar-refractivity contribution in [2.75, 3.05) is 19.8 Å². The van der Waals surface area contributed by atoms with E-state index in [0.717, 1.165) is 39.0 Å². The predicted octanol–water partition coefficient (Wildman–Crippen LogP) is -0.275. The molecule has 2 aliphatic heterocycles. The lowest BCUT2D eigenvalue weighted by Crippen LogP contribution is -2.43. The lowest BCUT2D eigenvalue weighted by atomic mass is 10.1. The molecule has 0 aromatic heterocycles. The van der Waals surface area contributed by atoms with E-state index in [2.05, 4.69) is 0 Å². The number of ether oxygens (including phenoxy) is 1. The molecule has 74 valence electrons. The molecule has 2 heterocycles. The number of carbonyl (C=O) groups is 1. The molecule has 0 saturated carbocycles. The molecule has 2 fully saturated rings. The van der Waals surface area contributed by atoms with Crippen molar-refractivity contribution in [2.24, 2.45) is 5.73 Å². The second-order valence-electron chi connectivity index (χ2n) is 3.77. The summed E-state index contributed by atoms with van der Waals surface area (Å²) in [5, 5.41) is 0. The SMILES string of the molecule is N[C@@H]1CCN(C2CCOCC2)C1=O. The molecular weight excluding hydrogens is 168 g/mol. The van der Waals surface area contributed by atoms with E-state index in [4.69, 9.17) is 10.5 Å². The fraction of sp³-hybridized carbons (Fsp3) is 0.889. The summed E-state index contributed by atoms with van der Waals surface area (Å²) in [6.45, 7) is 2.40. The monoisotopic (exact) mass is 184 g/mol. The highest BCUT2D eigenvalue weighted by Crippen LogP contribution is 2.20. The first kappa shape index (κ1) is 8.97. The fourth-order valence-electron chi connectivity index (χ4n) is 2.08. The van der Waals surface area contributed by atoms with Crippen molar-refractivity contribution >= 4 is 5.91 Å². The van der Waals surface area contributed by atoms with Crippen LogP contribution >= 0.6 is 0 Å². The zero-order valence-electron chi connectivity index (χ0n) is 7.74. The maximum absolute atomic E-state index is 11.6. The number of carbonyl (C=O) groups excluding carboxylic acids is 1. The van der Waals surface area contributed by atoms with Gasteiger partial charge in [-0.25, -0.2) is 0 Å². The summed E-state index contributed by atoms with van der Waals surface area (Å²) in [7, 11) is 0. The van der Waals surface area contributed by atoms with Crippen LogP contribution in [0, 0.1) is 0 Å². The van der Waals surface area contributed by atoms with Gasteiger partial charge >= 0.3 is 0 Å². The molecule has 0 unspecified atom stereocenters. The normalized spacial score (nSPS) is 31.3. The van der Waals surface area contributed by atoms with Crippen LogP contribution in [0.2, 0.25) is 0 Å². The van der Waals surface area contributed by atoms with Gasteiger partial charge < -0.3 is 15.4 Å². The van der Waals surface area contributed by atoms with Gasteiger partial charge in [-0.3, -0.25) is 4.79 Å². The highest BCUT2D eigenvalue weighted by atomic mass is 16.5. The molecule has 0 spiro atoms. The summed E-state index contributed by atoms with van der Waals surface area (Å²) < 4.78 is 5.25. The maximum atomic E-state index is 11.6. The predicted molar refractivity (Wildman–Crippen MR) is 48.1 cm³/mol. The van der Waals surface area contributed by atoms with Gasteiger partial charge in [-0.2, -0.15) is 0 Å². The maximum Gasteiger partial charge on any atom is 0.239 e. The Kier molecular flexibility index (Phi) is 2.51. The van der Waals surface area contributed by atoms with E-state index < -0.39 is 0 Å². The molecule has 1 amide bonds. The van der Waals surface area contributed by atoms with Gasteiger partial charge in [0, 0.05) is 25.8 Å². The number of rotatable bonds is 1. The highest BCUT2D eigenvalue weighted by Gasteiger charge is 2.34. The Balaban J connectivity index is 1.96. The summed E-state index contributed by atoms with van der Waals surface area (Å²) in [5.41, 5.74) is 5.65. The molecule has 2 aliphatic rings. The first-order chi connectivity index (χ1) is 6.29. The Hall–Kier alpha value is -0.610. The van der Waals surface area contributed by atoms with Crippen molar-refractivity contribution in [3.05, 3.63) is 0 Å². The smallest absolute Gasteiger partial charge is 0.239 e. The third kappa shape index (κ3) is 1.69. The van der Waals surface area contributed by atoms with Crippen LogP contribution in [0.1, 0.15) is 19.3 Å². The minimum Gasteiger partial charge on any atom is -0.381 e. The molecule has 2 N–H and O–H groups in total. The lowest BCUT2D eigenvalue weighted by Gasteiger charge is -2.31. The van der Waals surface area contributed by atoms with Crippen LogP contribution in [0.15, 0.2) is 0 Å². The van der Waals surface area contributed by atoms with Crippen LogP contribution in [-0.2, 0) is 9.53 Å². The van der Waals surface area contributed by atoms with E-state index in [9.17, 15) is 4.79 Å². The van der Waals surface area contributed by atoms with E-state index in [1.54, 1.807) is 0 Å². The molecule has 4 nitrogen and oxygen atoms in total. The minimum absolute atomic E-state index is 0.131. The molecule has 1 atom stereocenters. The molecule has 0 aromatic carbocycles. The molecule has 0 radical (unpaired) electrons. The summed E-state index contributed by atoms with van der Waals surface area (Å²) >= 11 is 0. The molecule has 0 aliphatic carbocycles. The highest BCUT2D eigenvalue weighted by molar-refractivity contribution is 5.84. The minimum atomic E-state index is -0.247. The van der Waals surface area contributed by atoms with Crippen molar-refractivity contribution in [1.82, 2.24) is 4.90 Å². The van der Waals surface area contributed by atoms with Gasteiger partial charge in [0.2, 0.25) is 5.91 Å². The zero-order chi connectivity index (χ0) is 9.26. The average Bonchev–Trinajstić information content (AvgIpc) is 2.49. The summed E-state index contributed by atoms with van der Waals surface area (Å²) in [4.78, 5) is 13.5. The Labute approximate surface area is 78.0 Å². The van der Waals surface area contributed by atoms with Crippen molar-refractivity contribution in [2.45, 2.75) is 31.3 Å². The molecule has 0 bridgehead atoms. The Morgan fingerprint density at radius 1 is 1.31 bits per heavy atom. The van der Waals surface area contributed by atoms with Gasteiger partial charge in [-0.1, -0.05) is 0 Å². The standard InChI is InChI=1S/C9H16N2O2/c10-8-1-4-11(9(8)12)7-2-5-13-6-3-7/h7-8H,1-6,10H2/t8-/m1/s1. The van der Waals surface area contributed by atoms with Crippen LogP contribution in [0.25, 0.3) is 0 Å². The van der Waals surface area contributed by atoms with E-state index >= 15 is 0 Å². The van der Waals surface area contributed by atoms with Gasteiger partial charge in [0.15, 0.2) is 0 Å². The third-order valence-corrected chi connectivity index (χ3v) is 2.91. The van der Waals surface area contributed by atoms with Crippen LogP contribution < -0.4 is 5.73 Å². The number of hydrogen-bond donors (Lipinski definition) is 1. The van der Waals surface area contributed by atoms with E-state index in [-0.39, 0.29) is 11.9 Å². The number of hydrogen-bond acceptors (Lipinski definition) is 3. The molecule has 2 saturated heterocycles. The number of nitrogens with zero attached hydrogens (tertiary/aromatic N) is 1. The summed E-state index contributed by atoms with van der Waals surface area (Å²) in [6.07, 6.45) is 2.76. The first-order valence-corrected chi connectivity index (χ1v) is 4.93. The van der Waals surface area contributed by atoms with E-state index in [1.165, 1.54) is 0 Å². The van der Waals surface area contributed by atoms with Gasteiger partial charge in [-0.15, -0.1) is 0 Å². The van der Waals surface area contributed by atoms with Crippen molar-refractivity contribution < 1.29 is 9.53 Å². The summed E-state index contributed by atoms with van der Waals surface area (Å²) in [6, 6.07) is 0.137. The number of likely N-dealkylation sites (tertiary alicyclic amines) is 1. The Bertz CT molecular complexity index is 202. The molecule has 0 aromatic rings. The van der Waals surface area contributed by atoms with Gasteiger partial charge in [0.05, 0.1) is 6.04 Å². The van der Waals surface area contributed by atoms with Crippen molar-refractivity contribution in [3.63, 3.8) is 0 Å². The molecule has 4 heteroatoms. The fourth-order valence-corrected chi connectivity index (χ4v) is 2.08. The third-order valence-electron chi connectivity index (χ3n) is 2.91. The van der Waals surface area contributed by atoms with Gasteiger partial charge in [0.1, 0.15) is 0 Å².